The molecule has 0 bridgehead atoms. The van der Waals surface area contributed by atoms with Crippen LogP contribution in [-0.4, -0.2) is 11.0 Å². The molecule has 0 saturated carbocycles. The van der Waals surface area contributed by atoms with E-state index < -0.39 is 0 Å². The lowest BCUT2D eigenvalue weighted by molar-refractivity contribution is 0.772. The highest BCUT2D eigenvalue weighted by Crippen LogP contribution is 1.95. The summed E-state index contributed by atoms with van der Waals surface area (Å²) < 4.78 is 0. The Hall–Kier alpha value is -0.0800. The molecule has 0 aliphatic carbocycles. The lowest BCUT2D eigenvalue weighted by Gasteiger charge is -1.79. The maximum Gasteiger partial charge on any atom is -0.0538 e. The first-order chi connectivity index (χ1) is 38.6. The van der Waals surface area contributed by atoms with Crippen molar-refractivity contribution in [3.8, 4) is 0 Å². The summed E-state index contributed by atoms with van der Waals surface area (Å²) in [5, 5.41) is 0. The minimum atomic E-state index is 0. The van der Waals surface area contributed by atoms with Crippen molar-refractivity contribution in [3.05, 3.63) is 0 Å². The molecule has 0 rings (SSSR count). The Labute approximate surface area is 538 Å². The van der Waals surface area contributed by atoms with Crippen LogP contribution < -0.4 is 0 Å². The standard InChI is InChI=1S/16C5H12.2H2O/c16*1-3-5-4-2;;/h16*3-5H2,1-2H3;2*1H2. The number of hydrogen-bond donors (Lipinski definition) is 0. The van der Waals surface area contributed by atoms with Crippen LogP contribution in [0.2, 0.25) is 0 Å². The van der Waals surface area contributed by atoms with E-state index in [1.54, 1.807) is 0 Å². The molecule has 0 aromatic heterocycles. The first kappa shape index (κ1) is 131. The summed E-state index contributed by atoms with van der Waals surface area (Å²) in [5.41, 5.74) is 0. The van der Waals surface area contributed by atoms with Gasteiger partial charge in [0.25, 0.3) is 0 Å². The zero-order valence-electron chi connectivity index (χ0n) is 66.9. The fraction of sp³-hybridized carbons (Fsp3) is 1.00. The molecule has 0 aliphatic rings. The molecule has 2 heteroatoms. The highest BCUT2D eigenvalue weighted by atomic mass is 16.0. The molecule has 0 amide bonds. The van der Waals surface area contributed by atoms with Crippen molar-refractivity contribution >= 4 is 0 Å². The smallest absolute Gasteiger partial charge is 0.0538 e. The van der Waals surface area contributed by atoms with Gasteiger partial charge >= 0.3 is 0 Å². The van der Waals surface area contributed by atoms with E-state index in [2.05, 4.69) is 222 Å². The van der Waals surface area contributed by atoms with Crippen LogP contribution in [0.3, 0.4) is 0 Å². The molecule has 0 unspecified atom stereocenters. The normalized spacial score (nSPS) is 8.20. The average molecular weight is 1190 g/mol. The second kappa shape index (κ2) is 225. The van der Waals surface area contributed by atoms with Gasteiger partial charge in [0.2, 0.25) is 0 Å². The van der Waals surface area contributed by atoms with Crippen LogP contribution in [0.1, 0.15) is 530 Å². The fourth-order valence-electron chi connectivity index (χ4n) is 5.66. The van der Waals surface area contributed by atoms with Gasteiger partial charge in [0, 0.05) is 0 Å². The third-order valence-corrected chi connectivity index (χ3v) is 11.3. The van der Waals surface area contributed by atoms with E-state index in [0.717, 1.165) is 0 Å². The van der Waals surface area contributed by atoms with Crippen molar-refractivity contribution < 1.29 is 11.0 Å². The molecule has 0 aromatic carbocycles. The SMILES string of the molecule is CCCCC.CCCCC.CCCCC.CCCCC.CCCCC.CCCCC.CCCCC.CCCCC.CCCCC.CCCCC.CCCCC.CCCCC.CCCCC.CCCCC.CCCCC.CCCCC.O.O. The molecular formula is C80H196O2. The third-order valence-electron chi connectivity index (χ3n) is 11.3. The molecule has 0 aliphatic heterocycles. The van der Waals surface area contributed by atoms with Gasteiger partial charge in [-0.1, -0.05) is 530 Å². The van der Waals surface area contributed by atoms with Gasteiger partial charge in [-0.05, 0) is 0 Å². The van der Waals surface area contributed by atoms with Gasteiger partial charge < -0.3 is 11.0 Å². The van der Waals surface area contributed by atoms with Gasteiger partial charge in [0.15, 0.2) is 0 Å². The Morgan fingerprint density at radius 1 is 0.0732 bits per heavy atom. The maximum atomic E-state index is 2.21. The topological polar surface area (TPSA) is 63.0 Å². The van der Waals surface area contributed by atoms with Crippen LogP contribution in [0.5, 0.6) is 0 Å². The van der Waals surface area contributed by atoms with E-state index in [1.807, 2.05) is 0 Å². The second-order valence-corrected chi connectivity index (χ2v) is 21.7. The second-order valence-electron chi connectivity index (χ2n) is 21.7. The minimum absolute atomic E-state index is 0. The summed E-state index contributed by atoms with van der Waals surface area (Å²) in [6, 6.07) is 0. The highest BCUT2D eigenvalue weighted by Gasteiger charge is 1.75. The van der Waals surface area contributed by atoms with E-state index in [4.69, 9.17) is 0 Å². The molecule has 2 nitrogen and oxygen atoms in total. The minimum Gasteiger partial charge on any atom is -0.412 e. The van der Waals surface area contributed by atoms with Gasteiger partial charge in [-0.2, -0.15) is 0 Å². The van der Waals surface area contributed by atoms with Gasteiger partial charge in [0.1, 0.15) is 0 Å². The van der Waals surface area contributed by atoms with Gasteiger partial charge in [-0.25, -0.2) is 0 Å². The summed E-state index contributed by atoms with van der Waals surface area (Å²) in [6.45, 7) is 70.8. The summed E-state index contributed by atoms with van der Waals surface area (Å²) in [5.74, 6) is 0. The lowest BCUT2D eigenvalue weighted by atomic mass is 10.3. The molecule has 82 heavy (non-hydrogen) atoms. The van der Waals surface area contributed by atoms with Crippen LogP contribution in [0.25, 0.3) is 0 Å². The van der Waals surface area contributed by atoms with Crippen LogP contribution in [0.15, 0.2) is 0 Å². The number of hydrogen-bond acceptors (Lipinski definition) is 0. The van der Waals surface area contributed by atoms with Crippen LogP contribution in [-0.2, 0) is 0 Å². The van der Waals surface area contributed by atoms with E-state index >= 15 is 0 Å². The van der Waals surface area contributed by atoms with Crippen molar-refractivity contribution in [2.45, 2.75) is 530 Å². The molecule has 0 radical (unpaired) electrons. The van der Waals surface area contributed by atoms with E-state index in [0.29, 0.717) is 0 Å². The molecule has 0 fully saturated rings. The molecule has 0 saturated heterocycles. The molecule has 0 atom stereocenters. The third kappa shape index (κ3) is 489. The Kier molecular flexibility index (Phi) is 360. The summed E-state index contributed by atoms with van der Waals surface area (Å²) in [7, 11) is 0. The van der Waals surface area contributed by atoms with Crippen molar-refractivity contribution in [3.63, 3.8) is 0 Å². The first-order valence-corrected chi connectivity index (χ1v) is 38.6. The largest absolute Gasteiger partial charge is 0.412 e. The Morgan fingerprint density at radius 3 is 0.0976 bits per heavy atom. The molecule has 0 spiro atoms. The fourth-order valence-corrected chi connectivity index (χ4v) is 5.66. The van der Waals surface area contributed by atoms with Crippen molar-refractivity contribution in [1.82, 2.24) is 0 Å². The lowest BCUT2D eigenvalue weighted by Crippen LogP contribution is -1.59. The van der Waals surface area contributed by atoms with E-state index in [-0.39, 0.29) is 11.0 Å². The maximum absolute atomic E-state index is 2.21. The van der Waals surface area contributed by atoms with Gasteiger partial charge in [0.05, 0.1) is 0 Å². The Balaban J connectivity index is -0.0000000332. The molecule has 0 heterocycles. The van der Waals surface area contributed by atoms with E-state index in [1.165, 1.54) is 308 Å². The van der Waals surface area contributed by atoms with Gasteiger partial charge in [-0.3, -0.25) is 0 Å². The molecule has 4 N–H and O–H groups in total. The van der Waals surface area contributed by atoms with Crippen LogP contribution in [0.4, 0.5) is 0 Å². The van der Waals surface area contributed by atoms with Crippen LogP contribution in [0, 0.1) is 0 Å². The van der Waals surface area contributed by atoms with Crippen molar-refractivity contribution in [2.75, 3.05) is 0 Å². The average Bonchev–Trinajstić information content (AvgIpc) is 3.45. The zero-order chi connectivity index (χ0) is 65.9. The highest BCUT2D eigenvalue weighted by molar-refractivity contribution is 4.31. The van der Waals surface area contributed by atoms with Crippen molar-refractivity contribution in [2.24, 2.45) is 0 Å². The zero-order valence-corrected chi connectivity index (χ0v) is 66.9. The molecular weight excluding hydrogens is 993 g/mol. The van der Waals surface area contributed by atoms with Gasteiger partial charge in [-0.15, -0.1) is 0 Å². The Bertz CT molecular complexity index is 326. The molecule has 528 valence electrons. The van der Waals surface area contributed by atoms with E-state index in [9.17, 15) is 0 Å². The first-order valence-electron chi connectivity index (χ1n) is 38.6. The summed E-state index contributed by atoms with van der Waals surface area (Å²) >= 11 is 0. The number of rotatable bonds is 32. The van der Waals surface area contributed by atoms with Crippen LogP contribution >= 0.6 is 0 Å². The summed E-state index contributed by atoms with van der Waals surface area (Å²) in [6.07, 6.45) is 65.2. The predicted octanol–water partition coefficient (Wildman–Crippen LogP) is 33.5. The van der Waals surface area contributed by atoms with Crippen molar-refractivity contribution in [1.29, 1.82) is 0 Å². The monoisotopic (exact) mass is 1190 g/mol. The predicted molar refractivity (Wildman–Crippen MR) is 410 cm³/mol. The molecule has 0 aromatic rings. The quantitative estimate of drug-likeness (QED) is 0.0644. The number of unbranched alkanes of at least 4 members (excludes halogenated alkanes) is 32. The Morgan fingerprint density at radius 2 is 0.0976 bits per heavy atom. The summed E-state index contributed by atoms with van der Waals surface area (Å²) in [4.78, 5) is 0.